The Morgan fingerprint density at radius 1 is 1.03 bits per heavy atom. The van der Waals surface area contributed by atoms with Crippen LogP contribution < -0.4 is 21.1 Å². The molecule has 1 aromatic heterocycles. The number of aryl methyl sites for hydroxylation is 1. The van der Waals surface area contributed by atoms with Crippen molar-refractivity contribution in [2.45, 2.75) is 39.7 Å². The highest BCUT2D eigenvalue weighted by Crippen LogP contribution is 2.18. The number of carbonyl (C=O) groups is 2. The van der Waals surface area contributed by atoms with Crippen LogP contribution in [-0.2, 0) is 11.3 Å². The van der Waals surface area contributed by atoms with Gasteiger partial charge in [-0.2, -0.15) is 5.10 Å². The van der Waals surface area contributed by atoms with Gasteiger partial charge in [0.1, 0.15) is 5.75 Å². The highest BCUT2D eigenvalue weighted by Gasteiger charge is 2.17. The molecular weight excluding hydrogens is 396 g/mol. The van der Waals surface area contributed by atoms with Gasteiger partial charge in [-0.3, -0.25) is 25.2 Å². The summed E-state index contributed by atoms with van der Waals surface area (Å²) in [5, 5.41) is 5.02. The number of nitrogens with zero attached hydrogens (tertiary/aromatic N) is 2. The molecule has 0 aliphatic heterocycles. The molecule has 2 aromatic carbocycles. The number of fused-ring (bicyclic) bond motifs is 1. The number of ether oxygens (including phenoxy) is 1. The lowest BCUT2D eigenvalue weighted by molar-refractivity contribution is -0.123. The zero-order valence-electron chi connectivity index (χ0n) is 17.8. The minimum Gasteiger partial charge on any atom is -0.484 e. The minimum absolute atomic E-state index is 0.0640. The van der Waals surface area contributed by atoms with E-state index in [-0.39, 0.29) is 17.9 Å². The number of nitrogens with one attached hydrogen (secondary N) is 2. The molecule has 162 valence electrons. The number of benzene rings is 2. The molecule has 31 heavy (non-hydrogen) atoms. The number of carbonyl (C=O) groups excluding carboxylic acids is 2. The second kappa shape index (κ2) is 9.88. The number of hydrogen-bond donors (Lipinski definition) is 2. The van der Waals surface area contributed by atoms with E-state index in [0.717, 1.165) is 0 Å². The van der Waals surface area contributed by atoms with E-state index < -0.39 is 11.8 Å². The van der Waals surface area contributed by atoms with Gasteiger partial charge in [0.05, 0.1) is 5.39 Å². The first kappa shape index (κ1) is 22.0. The summed E-state index contributed by atoms with van der Waals surface area (Å²) >= 11 is 0. The highest BCUT2D eigenvalue weighted by molar-refractivity contribution is 6.05. The lowest BCUT2D eigenvalue weighted by Gasteiger charge is -2.12. The van der Waals surface area contributed by atoms with Crippen molar-refractivity contribution < 1.29 is 14.3 Å². The standard InChI is InChI=1S/C23H26N4O4/c1-4-13-27-23(30)19-8-6-5-7-18(19)21(26-27)22(29)25-24-20(28)14-31-17-11-9-16(10-12-17)15(2)3/h5-12,15H,4,13-14H2,1-3H3,(H,24,28)(H,25,29). The Morgan fingerprint density at radius 2 is 1.71 bits per heavy atom. The van der Waals surface area contributed by atoms with Gasteiger partial charge in [0.15, 0.2) is 12.3 Å². The molecule has 0 aliphatic carbocycles. The second-order valence-electron chi connectivity index (χ2n) is 7.44. The van der Waals surface area contributed by atoms with Crippen LogP contribution in [0.4, 0.5) is 0 Å². The molecule has 0 radical (unpaired) electrons. The molecule has 0 atom stereocenters. The third-order valence-electron chi connectivity index (χ3n) is 4.75. The number of aromatic nitrogens is 2. The van der Waals surface area contributed by atoms with E-state index in [0.29, 0.717) is 35.4 Å². The van der Waals surface area contributed by atoms with Crippen LogP contribution in [0.3, 0.4) is 0 Å². The van der Waals surface area contributed by atoms with Crippen molar-refractivity contribution in [3.8, 4) is 5.75 Å². The number of hydrazine groups is 1. The maximum absolute atomic E-state index is 12.7. The van der Waals surface area contributed by atoms with E-state index in [9.17, 15) is 14.4 Å². The van der Waals surface area contributed by atoms with Gasteiger partial charge in [0.25, 0.3) is 17.4 Å². The van der Waals surface area contributed by atoms with Crippen molar-refractivity contribution in [2.75, 3.05) is 6.61 Å². The van der Waals surface area contributed by atoms with Crippen LogP contribution in [0.5, 0.6) is 5.75 Å². The molecule has 8 heteroatoms. The summed E-state index contributed by atoms with van der Waals surface area (Å²) in [6.45, 7) is 6.24. The predicted molar refractivity (Wildman–Crippen MR) is 118 cm³/mol. The third kappa shape index (κ3) is 5.28. The molecular formula is C23H26N4O4. The fourth-order valence-electron chi connectivity index (χ4n) is 3.09. The van der Waals surface area contributed by atoms with E-state index >= 15 is 0 Å². The minimum atomic E-state index is -0.615. The SMILES string of the molecule is CCCn1nc(C(=O)NNC(=O)COc2ccc(C(C)C)cc2)c2ccccc2c1=O. The zero-order chi connectivity index (χ0) is 22.4. The second-order valence-corrected chi connectivity index (χ2v) is 7.44. The van der Waals surface area contributed by atoms with Gasteiger partial charge in [-0.15, -0.1) is 0 Å². The predicted octanol–water partition coefficient (Wildman–Crippen LogP) is 2.77. The fraction of sp³-hybridized carbons (Fsp3) is 0.304. The Morgan fingerprint density at radius 3 is 2.35 bits per heavy atom. The topological polar surface area (TPSA) is 102 Å². The Balaban J connectivity index is 1.65. The van der Waals surface area contributed by atoms with E-state index in [1.807, 2.05) is 19.1 Å². The van der Waals surface area contributed by atoms with Gasteiger partial charge >= 0.3 is 0 Å². The molecule has 3 aromatic rings. The highest BCUT2D eigenvalue weighted by atomic mass is 16.5. The van der Waals surface area contributed by atoms with Crippen molar-refractivity contribution >= 4 is 22.6 Å². The first-order valence-electron chi connectivity index (χ1n) is 10.2. The molecule has 0 bridgehead atoms. The zero-order valence-corrected chi connectivity index (χ0v) is 17.8. The van der Waals surface area contributed by atoms with E-state index in [4.69, 9.17) is 4.74 Å². The Labute approximate surface area is 180 Å². The summed E-state index contributed by atoms with van der Waals surface area (Å²) < 4.78 is 6.72. The van der Waals surface area contributed by atoms with Crippen LogP contribution in [0, 0.1) is 0 Å². The summed E-state index contributed by atoms with van der Waals surface area (Å²) in [6, 6.07) is 14.3. The smallest absolute Gasteiger partial charge is 0.290 e. The monoisotopic (exact) mass is 422 g/mol. The molecule has 0 fully saturated rings. The van der Waals surface area contributed by atoms with Crippen molar-refractivity contribution in [3.05, 3.63) is 70.1 Å². The van der Waals surface area contributed by atoms with Crippen LogP contribution in [0.1, 0.15) is 49.2 Å². The summed E-state index contributed by atoms with van der Waals surface area (Å²) in [6.07, 6.45) is 0.693. The maximum Gasteiger partial charge on any atom is 0.290 e. The maximum atomic E-state index is 12.7. The average Bonchev–Trinajstić information content (AvgIpc) is 2.78. The Hall–Kier alpha value is -3.68. The molecule has 0 unspecified atom stereocenters. The summed E-state index contributed by atoms with van der Waals surface area (Å²) in [5.74, 6) is -0.169. The quantitative estimate of drug-likeness (QED) is 0.570. The van der Waals surface area contributed by atoms with Crippen LogP contribution in [0.25, 0.3) is 10.8 Å². The Kier molecular flexibility index (Phi) is 7.02. The average molecular weight is 422 g/mol. The first-order chi connectivity index (χ1) is 14.9. The molecule has 2 N–H and O–H groups in total. The summed E-state index contributed by atoms with van der Waals surface area (Å²) in [7, 11) is 0. The number of amides is 2. The number of rotatable bonds is 7. The molecule has 0 aliphatic rings. The van der Waals surface area contributed by atoms with Gasteiger partial charge in [-0.25, -0.2) is 4.68 Å². The van der Waals surface area contributed by atoms with Crippen LogP contribution in [0.15, 0.2) is 53.3 Å². The van der Waals surface area contributed by atoms with Crippen LogP contribution in [-0.4, -0.2) is 28.2 Å². The Bertz CT molecular complexity index is 1140. The van der Waals surface area contributed by atoms with Crippen LogP contribution >= 0.6 is 0 Å². The first-order valence-corrected chi connectivity index (χ1v) is 10.2. The van der Waals surface area contributed by atoms with Gasteiger partial charge in [0.2, 0.25) is 0 Å². The molecule has 0 saturated carbocycles. The van der Waals surface area contributed by atoms with Crippen molar-refractivity contribution in [1.29, 1.82) is 0 Å². The van der Waals surface area contributed by atoms with Gasteiger partial charge in [-0.1, -0.05) is 51.1 Å². The molecule has 8 nitrogen and oxygen atoms in total. The molecule has 1 heterocycles. The largest absolute Gasteiger partial charge is 0.484 e. The fourth-order valence-corrected chi connectivity index (χ4v) is 3.09. The summed E-state index contributed by atoms with van der Waals surface area (Å²) in [5.41, 5.74) is 5.65. The molecule has 0 spiro atoms. The number of hydrogen-bond acceptors (Lipinski definition) is 5. The van der Waals surface area contributed by atoms with Crippen LogP contribution in [0.2, 0.25) is 0 Å². The van der Waals surface area contributed by atoms with E-state index in [1.165, 1.54) is 10.2 Å². The molecule has 3 rings (SSSR count). The van der Waals surface area contributed by atoms with E-state index in [2.05, 4.69) is 29.8 Å². The van der Waals surface area contributed by atoms with Crippen molar-refractivity contribution in [3.63, 3.8) is 0 Å². The summed E-state index contributed by atoms with van der Waals surface area (Å²) in [4.78, 5) is 37.3. The lowest BCUT2D eigenvalue weighted by Crippen LogP contribution is -2.44. The van der Waals surface area contributed by atoms with Crippen molar-refractivity contribution in [2.24, 2.45) is 0 Å². The molecule has 2 amide bonds. The van der Waals surface area contributed by atoms with Crippen molar-refractivity contribution in [1.82, 2.24) is 20.6 Å². The van der Waals surface area contributed by atoms with Gasteiger partial charge in [-0.05, 0) is 36.1 Å². The third-order valence-corrected chi connectivity index (χ3v) is 4.75. The van der Waals surface area contributed by atoms with Gasteiger partial charge in [0, 0.05) is 11.9 Å². The molecule has 0 saturated heterocycles. The van der Waals surface area contributed by atoms with E-state index in [1.54, 1.807) is 36.4 Å². The van der Waals surface area contributed by atoms with Gasteiger partial charge < -0.3 is 4.74 Å². The normalized spacial score (nSPS) is 10.8. The lowest BCUT2D eigenvalue weighted by atomic mass is 10.0.